The Bertz CT molecular complexity index is 612. The summed E-state index contributed by atoms with van der Waals surface area (Å²) in [7, 11) is 1.96. The minimum absolute atomic E-state index is 0.289. The fraction of sp³-hybridized carbons (Fsp3) is 0.417. The van der Waals surface area contributed by atoms with Crippen LogP contribution in [0.3, 0.4) is 0 Å². The second-order valence-electron chi connectivity index (χ2n) is 4.23. The van der Waals surface area contributed by atoms with E-state index < -0.39 is 6.10 Å². The van der Waals surface area contributed by atoms with E-state index in [0.29, 0.717) is 6.42 Å². The number of rotatable bonds is 4. The smallest absolute Gasteiger partial charge is 0.106 e. The number of nitrogens with zero attached hydrogens (tertiary/aromatic N) is 5. The van der Waals surface area contributed by atoms with E-state index in [1.807, 2.05) is 36.7 Å². The lowest BCUT2D eigenvalue weighted by Gasteiger charge is -2.09. The van der Waals surface area contributed by atoms with Crippen LogP contribution in [0, 0.1) is 6.92 Å². The predicted octanol–water partition coefficient (Wildman–Crippen LogP) is 2.62. The minimum Gasteiger partial charge on any atom is -0.388 e. The van der Waals surface area contributed by atoms with Crippen molar-refractivity contribution in [2.45, 2.75) is 19.4 Å². The summed E-state index contributed by atoms with van der Waals surface area (Å²) in [6.45, 7) is 2.23. The summed E-state index contributed by atoms with van der Waals surface area (Å²) in [6, 6.07) is 5.70. The van der Waals surface area contributed by atoms with Crippen LogP contribution in [0.5, 0.6) is 0 Å². The normalized spacial score (nSPS) is 12.4. The van der Waals surface area contributed by atoms with E-state index in [4.69, 9.17) is 5.53 Å². The molecule has 0 radical (unpaired) electrons. The number of fused-ring (bicyclic) bond motifs is 1. The van der Waals surface area contributed by atoms with Crippen LogP contribution in [-0.4, -0.2) is 21.2 Å². The first-order chi connectivity index (χ1) is 8.63. The molecule has 1 unspecified atom stereocenters. The van der Waals surface area contributed by atoms with E-state index in [9.17, 15) is 5.11 Å². The third kappa shape index (κ3) is 2.30. The van der Waals surface area contributed by atoms with Crippen LogP contribution in [0.15, 0.2) is 23.3 Å². The highest BCUT2D eigenvalue weighted by molar-refractivity contribution is 5.76. The van der Waals surface area contributed by atoms with Gasteiger partial charge in [-0.05, 0) is 36.6 Å². The van der Waals surface area contributed by atoms with Crippen molar-refractivity contribution >= 4 is 11.0 Å². The lowest BCUT2D eigenvalue weighted by atomic mass is 10.1. The molecule has 18 heavy (non-hydrogen) atoms. The molecule has 0 aliphatic carbocycles. The Labute approximate surface area is 105 Å². The van der Waals surface area contributed by atoms with Gasteiger partial charge in [-0.3, -0.25) is 0 Å². The molecule has 0 amide bonds. The van der Waals surface area contributed by atoms with Gasteiger partial charge in [-0.15, -0.1) is 0 Å². The van der Waals surface area contributed by atoms with Gasteiger partial charge >= 0.3 is 0 Å². The van der Waals surface area contributed by atoms with Gasteiger partial charge in [-0.25, -0.2) is 4.98 Å². The van der Waals surface area contributed by atoms with E-state index >= 15 is 0 Å². The second kappa shape index (κ2) is 5.08. The third-order valence-electron chi connectivity index (χ3n) is 3.08. The first kappa shape index (κ1) is 12.4. The van der Waals surface area contributed by atoms with Gasteiger partial charge in [0.2, 0.25) is 0 Å². The lowest BCUT2D eigenvalue weighted by Crippen LogP contribution is -1.99. The van der Waals surface area contributed by atoms with Crippen molar-refractivity contribution in [1.82, 2.24) is 9.55 Å². The zero-order valence-electron chi connectivity index (χ0n) is 10.4. The van der Waals surface area contributed by atoms with Crippen LogP contribution < -0.4 is 0 Å². The Morgan fingerprint density at radius 1 is 1.56 bits per heavy atom. The number of aliphatic hydroxyl groups excluding tert-OH is 1. The fourth-order valence-corrected chi connectivity index (χ4v) is 1.94. The Morgan fingerprint density at radius 2 is 2.33 bits per heavy atom. The number of hydrogen-bond donors (Lipinski definition) is 1. The summed E-state index contributed by atoms with van der Waals surface area (Å²) >= 11 is 0. The van der Waals surface area contributed by atoms with Crippen LogP contribution in [-0.2, 0) is 7.05 Å². The van der Waals surface area contributed by atoms with Gasteiger partial charge in [0.25, 0.3) is 0 Å². The third-order valence-corrected chi connectivity index (χ3v) is 3.08. The molecular weight excluding hydrogens is 230 g/mol. The summed E-state index contributed by atoms with van der Waals surface area (Å²) in [5.74, 6) is 0.936. The fourth-order valence-electron chi connectivity index (χ4n) is 1.94. The van der Waals surface area contributed by atoms with Gasteiger partial charge < -0.3 is 9.67 Å². The van der Waals surface area contributed by atoms with E-state index in [0.717, 1.165) is 22.4 Å². The molecule has 1 aromatic heterocycles. The van der Waals surface area contributed by atoms with Gasteiger partial charge in [0.15, 0.2) is 0 Å². The molecule has 94 valence electrons. The molecule has 6 nitrogen and oxygen atoms in total. The molecule has 0 saturated heterocycles. The second-order valence-corrected chi connectivity index (χ2v) is 4.23. The van der Waals surface area contributed by atoms with Gasteiger partial charge in [-0.2, -0.15) is 0 Å². The van der Waals surface area contributed by atoms with Crippen molar-refractivity contribution in [3.63, 3.8) is 0 Å². The molecule has 1 heterocycles. The molecule has 0 saturated carbocycles. The van der Waals surface area contributed by atoms with Crippen LogP contribution in [0.4, 0.5) is 0 Å². The van der Waals surface area contributed by atoms with E-state index in [1.165, 1.54) is 0 Å². The van der Waals surface area contributed by atoms with Crippen LogP contribution in [0.1, 0.15) is 23.9 Å². The summed E-state index contributed by atoms with van der Waals surface area (Å²) < 4.78 is 2.01. The van der Waals surface area contributed by atoms with Gasteiger partial charge in [0.05, 0.1) is 17.1 Å². The Kier molecular flexibility index (Phi) is 3.50. The van der Waals surface area contributed by atoms with E-state index in [-0.39, 0.29) is 6.54 Å². The Hall–Kier alpha value is -2.04. The molecule has 1 N–H and O–H groups in total. The Morgan fingerprint density at radius 3 is 3.06 bits per heavy atom. The standard InChI is InChI=1S/C12H15N5O/c1-8-15-10-7-9(3-4-11(10)17(8)2)12(18)5-6-14-16-13/h3-4,7,12,18H,5-6H2,1-2H3. The zero-order valence-corrected chi connectivity index (χ0v) is 10.4. The number of aromatic nitrogens is 2. The zero-order chi connectivity index (χ0) is 13.1. The highest BCUT2D eigenvalue weighted by atomic mass is 16.3. The van der Waals surface area contributed by atoms with Crippen molar-refractivity contribution < 1.29 is 5.11 Å². The van der Waals surface area contributed by atoms with Crippen LogP contribution >= 0.6 is 0 Å². The van der Waals surface area contributed by atoms with Crippen molar-refractivity contribution in [3.8, 4) is 0 Å². The largest absolute Gasteiger partial charge is 0.388 e. The van der Waals surface area contributed by atoms with Crippen molar-refractivity contribution in [2.75, 3.05) is 6.54 Å². The monoisotopic (exact) mass is 245 g/mol. The van der Waals surface area contributed by atoms with Crippen LogP contribution in [0.2, 0.25) is 0 Å². The van der Waals surface area contributed by atoms with Crippen LogP contribution in [0.25, 0.3) is 21.5 Å². The summed E-state index contributed by atoms with van der Waals surface area (Å²) in [5.41, 5.74) is 10.9. The van der Waals surface area contributed by atoms with Crippen molar-refractivity contribution in [2.24, 2.45) is 12.2 Å². The molecule has 0 aliphatic heterocycles. The first-order valence-electron chi connectivity index (χ1n) is 5.75. The molecule has 0 aliphatic rings. The van der Waals surface area contributed by atoms with E-state index in [2.05, 4.69) is 15.0 Å². The lowest BCUT2D eigenvalue weighted by molar-refractivity contribution is 0.170. The highest BCUT2D eigenvalue weighted by Gasteiger charge is 2.10. The molecule has 2 aromatic rings. The highest BCUT2D eigenvalue weighted by Crippen LogP contribution is 2.22. The van der Waals surface area contributed by atoms with Gasteiger partial charge in [-0.1, -0.05) is 11.2 Å². The number of aliphatic hydroxyl groups is 1. The van der Waals surface area contributed by atoms with Gasteiger partial charge in [0, 0.05) is 18.5 Å². The molecule has 0 bridgehead atoms. The summed E-state index contributed by atoms with van der Waals surface area (Å²) in [4.78, 5) is 7.09. The maximum atomic E-state index is 9.96. The molecular formula is C12H15N5O. The maximum absolute atomic E-state index is 9.96. The molecule has 0 spiro atoms. The van der Waals surface area contributed by atoms with Crippen molar-refractivity contribution in [1.29, 1.82) is 0 Å². The minimum atomic E-state index is -0.623. The molecule has 1 atom stereocenters. The molecule has 2 rings (SSSR count). The number of azide groups is 1. The topological polar surface area (TPSA) is 86.8 Å². The predicted molar refractivity (Wildman–Crippen MR) is 69.0 cm³/mol. The first-order valence-corrected chi connectivity index (χ1v) is 5.75. The van der Waals surface area contributed by atoms with E-state index in [1.54, 1.807) is 0 Å². The van der Waals surface area contributed by atoms with Gasteiger partial charge in [0.1, 0.15) is 5.82 Å². The van der Waals surface area contributed by atoms with Crippen molar-refractivity contribution in [3.05, 3.63) is 40.0 Å². The number of imidazole rings is 1. The molecule has 1 aromatic carbocycles. The number of benzene rings is 1. The number of aryl methyl sites for hydroxylation is 2. The SMILES string of the molecule is Cc1nc2cc(C(O)CCN=[N+]=[N-])ccc2n1C. The average Bonchev–Trinajstić information content (AvgIpc) is 2.65. The Balaban J connectivity index is 2.26. The molecule has 0 fully saturated rings. The number of hydrogen-bond acceptors (Lipinski definition) is 3. The molecule has 6 heteroatoms. The quantitative estimate of drug-likeness (QED) is 0.510. The summed E-state index contributed by atoms with van der Waals surface area (Å²) in [5, 5.41) is 13.4. The summed E-state index contributed by atoms with van der Waals surface area (Å²) in [6.07, 6.45) is -0.205. The average molecular weight is 245 g/mol. The maximum Gasteiger partial charge on any atom is 0.106 e.